The van der Waals surface area contributed by atoms with Crippen molar-refractivity contribution in [3.63, 3.8) is 0 Å². The van der Waals surface area contributed by atoms with Crippen molar-refractivity contribution in [2.45, 2.75) is 58.6 Å². The molecule has 1 aliphatic rings. The van der Waals surface area contributed by atoms with Crippen LogP contribution in [-0.2, 0) is 9.53 Å². The van der Waals surface area contributed by atoms with Gasteiger partial charge >= 0.3 is 5.97 Å². The lowest BCUT2D eigenvalue weighted by atomic mass is 9.74. The summed E-state index contributed by atoms with van der Waals surface area (Å²) < 4.78 is 5.35. The maximum absolute atomic E-state index is 11.5. The Kier molecular flexibility index (Phi) is 5.60. The first-order valence-electron chi connectivity index (χ1n) is 6.97. The molecule has 2 unspecified atom stereocenters. The molecule has 0 radical (unpaired) electrons. The monoisotopic (exact) mass is 257 g/mol. The number of rotatable bonds is 6. The first-order valence-corrected chi connectivity index (χ1v) is 6.97. The normalized spacial score (nSPS) is 23.6. The van der Waals surface area contributed by atoms with E-state index >= 15 is 0 Å². The van der Waals surface area contributed by atoms with E-state index in [1.54, 1.807) is 7.11 Å². The highest BCUT2D eigenvalue weighted by Gasteiger charge is 2.41. The molecule has 0 bridgehead atoms. The molecule has 4 nitrogen and oxygen atoms in total. The molecule has 2 atom stereocenters. The topological polar surface area (TPSA) is 49.8 Å². The zero-order chi connectivity index (χ0) is 13.8. The number of carbonyl (C=O) groups is 1. The fraction of sp³-hybridized carbons (Fsp3) is 0.929. The highest BCUT2D eigenvalue weighted by Crippen LogP contribution is 2.37. The molecule has 4 heteroatoms. The van der Waals surface area contributed by atoms with E-state index in [0.29, 0.717) is 6.04 Å². The Bertz CT molecular complexity index is 272. The number of methoxy groups -OCH3 is 1. The van der Waals surface area contributed by atoms with Crippen LogP contribution in [0, 0.1) is 5.41 Å². The molecule has 1 heterocycles. The molecule has 0 aromatic heterocycles. The van der Waals surface area contributed by atoms with Gasteiger partial charge in [-0.3, -0.25) is 9.69 Å². The van der Waals surface area contributed by atoms with Crippen molar-refractivity contribution < 1.29 is 14.6 Å². The number of carboxylic acid groups (broad SMARTS) is 1. The zero-order valence-electron chi connectivity index (χ0n) is 12.1. The summed E-state index contributed by atoms with van der Waals surface area (Å²) in [5, 5.41) is 9.46. The van der Waals surface area contributed by atoms with Crippen LogP contribution < -0.4 is 0 Å². The van der Waals surface area contributed by atoms with Crippen LogP contribution >= 0.6 is 0 Å². The molecule has 1 N–H and O–H groups in total. The van der Waals surface area contributed by atoms with E-state index in [2.05, 4.69) is 25.7 Å². The van der Waals surface area contributed by atoms with Crippen molar-refractivity contribution in [2.75, 3.05) is 20.2 Å². The summed E-state index contributed by atoms with van der Waals surface area (Å²) >= 11 is 0. The van der Waals surface area contributed by atoms with E-state index < -0.39 is 11.4 Å². The predicted octanol–water partition coefficient (Wildman–Crippen LogP) is 2.38. The Morgan fingerprint density at radius 2 is 1.94 bits per heavy atom. The van der Waals surface area contributed by atoms with Gasteiger partial charge in [-0.25, -0.2) is 0 Å². The average Bonchev–Trinajstić information content (AvgIpc) is 2.38. The standard InChI is InChI=1S/C14H27NO3/c1-5-6-14(13(16)17)7-9-15(10-8-14)11(2)12(3)18-4/h11-12H,5-10H2,1-4H3,(H,16,17). The fourth-order valence-corrected chi connectivity index (χ4v) is 2.90. The lowest BCUT2D eigenvalue weighted by Crippen LogP contribution is -2.50. The fourth-order valence-electron chi connectivity index (χ4n) is 2.90. The van der Waals surface area contributed by atoms with Gasteiger partial charge in [0.2, 0.25) is 0 Å². The van der Waals surface area contributed by atoms with Gasteiger partial charge < -0.3 is 9.84 Å². The smallest absolute Gasteiger partial charge is 0.309 e. The van der Waals surface area contributed by atoms with E-state index in [9.17, 15) is 9.90 Å². The zero-order valence-corrected chi connectivity index (χ0v) is 12.1. The first-order chi connectivity index (χ1) is 8.46. The molecule has 1 fully saturated rings. The number of likely N-dealkylation sites (tertiary alicyclic amines) is 1. The summed E-state index contributed by atoms with van der Waals surface area (Å²) in [4.78, 5) is 13.8. The summed E-state index contributed by atoms with van der Waals surface area (Å²) in [6.45, 7) is 8.01. The van der Waals surface area contributed by atoms with E-state index in [0.717, 1.165) is 38.8 Å². The van der Waals surface area contributed by atoms with Gasteiger partial charge in [0.05, 0.1) is 11.5 Å². The number of aliphatic carboxylic acids is 1. The van der Waals surface area contributed by atoms with Gasteiger partial charge in [-0.1, -0.05) is 13.3 Å². The molecule has 0 aromatic rings. The summed E-state index contributed by atoms with van der Waals surface area (Å²) in [5.74, 6) is -0.614. The third-order valence-electron chi connectivity index (χ3n) is 4.56. The minimum atomic E-state index is -0.614. The van der Waals surface area contributed by atoms with Gasteiger partial charge in [-0.05, 0) is 46.2 Å². The van der Waals surface area contributed by atoms with Crippen LogP contribution in [-0.4, -0.2) is 48.3 Å². The van der Waals surface area contributed by atoms with Crippen LogP contribution in [0.3, 0.4) is 0 Å². The Morgan fingerprint density at radius 1 is 1.39 bits per heavy atom. The van der Waals surface area contributed by atoms with Crippen LogP contribution in [0.25, 0.3) is 0 Å². The van der Waals surface area contributed by atoms with Crippen LogP contribution in [0.2, 0.25) is 0 Å². The van der Waals surface area contributed by atoms with Gasteiger partial charge in [0.1, 0.15) is 0 Å². The van der Waals surface area contributed by atoms with E-state index in [-0.39, 0.29) is 6.10 Å². The number of piperidine rings is 1. The second-order valence-electron chi connectivity index (χ2n) is 5.55. The van der Waals surface area contributed by atoms with E-state index in [1.807, 2.05) is 0 Å². The van der Waals surface area contributed by atoms with Crippen molar-refractivity contribution >= 4 is 5.97 Å². The molecule has 0 aliphatic carbocycles. The number of hydrogen-bond donors (Lipinski definition) is 1. The SMILES string of the molecule is CCCC1(C(=O)O)CCN(C(C)C(C)OC)CC1. The lowest BCUT2D eigenvalue weighted by molar-refractivity contribution is -0.153. The molecular formula is C14H27NO3. The van der Waals surface area contributed by atoms with Gasteiger partial charge in [0.25, 0.3) is 0 Å². The minimum absolute atomic E-state index is 0.188. The predicted molar refractivity (Wildman–Crippen MR) is 71.7 cm³/mol. The molecule has 18 heavy (non-hydrogen) atoms. The molecule has 0 saturated carbocycles. The van der Waals surface area contributed by atoms with Crippen LogP contribution in [0.4, 0.5) is 0 Å². The van der Waals surface area contributed by atoms with Crippen LogP contribution in [0.1, 0.15) is 46.5 Å². The number of nitrogens with zero attached hydrogens (tertiary/aromatic N) is 1. The molecule has 0 spiro atoms. The summed E-state index contributed by atoms with van der Waals surface area (Å²) in [7, 11) is 1.73. The van der Waals surface area contributed by atoms with Crippen molar-refractivity contribution in [1.82, 2.24) is 4.90 Å². The summed E-state index contributed by atoms with van der Waals surface area (Å²) in [5.41, 5.74) is -0.485. The number of carboxylic acids is 1. The molecular weight excluding hydrogens is 230 g/mol. The third-order valence-corrected chi connectivity index (χ3v) is 4.56. The second kappa shape index (κ2) is 6.53. The van der Waals surface area contributed by atoms with Crippen molar-refractivity contribution in [1.29, 1.82) is 0 Å². The van der Waals surface area contributed by atoms with Gasteiger partial charge in [0.15, 0.2) is 0 Å². The lowest BCUT2D eigenvalue weighted by Gasteiger charge is -2.42. The molecule has 0 amide bonds. The van der Waals surface area contributed by atoms with Crippen molar-refractivity contribution in [2.24, 2.45) is 5.41 Å². The van der Waals surface area contributed by atoms with Gasteiger partial charge in [-0.15, -0.1) is 0 Å². The van der Waals surface area contributed by atoms with Crippen LogP contribution in [0.15, 0.2) is 0 Å². The Morgan fingerprint density at radius 3 is 2.33 bits per heavy atom. The van der Waals surface area contributed by atoms with Gasteiger partial charge in [0, 0.05) is 13.2 Å². The molecule has 1 saturated heterocycles. The van der Waals surface area contributed by atoms with Gasteiger partial charge in [-0.2, -0.15) is 0 Å². The second-order valence-corrected chi connectivity index (χ2v) is 5.55. The Labute approximate surface area is 110 Å². The van der Waals surface area contributed by atoms with E-state index in [1.165, 1.54) is 0 Å². The summed E-state index contributed by atoms with van der Waals surface area (Å²) in [6, 6.07) is 0.350. The first kappa shape index (κ1) is 15.4. The third kappa shape index (κ3) is 3.23. The quantitative estimate of drug-likeness (QED) is 0.793. The molecule has 1 aliphatic heterocycles. The molecule has 106 valence electrons. The minimum Gasteiger partial charge on any atom is -0.481 e. The van der Waals surface area contributed by atoms with Crippen molar-refractivity contribution in [3.8, 4) is 0 Å². The maximum atomic E-state index is 11.5. The van der Waals surface area contributed by atoms with Crippen molar-refractivity contribution in [3.05, 3.63) is 0 Å². The Hall–Kier alpha value is -0.610. The highest BCUT2D eigenvalue weighted by atomic mass is 16.5. The largest absolute Gasteiger partial charge is 0.481 e. The number of ether oxygens (including phenoxy) is 1. The van der Waals surface area contributed by atoms with E-state index in [4.69, 9.17) is 4.74 Å². The Balaban J connectivity index is 2.60. The average molecular weight is 257 g/mol. The van der Waals surface area contributed by atoms with Crippen LogP contribution in [0.5, 0.6) is 0 Å². The highest BCUT2D eigenvalue weighted by molar-refractivity contribution is 5.74. The number of hydrogen-bond acceptors (Lipinski definition) is 3. The molecule has 1 rings (SSSR count). The molecule has 0 aromatic carbocycles. The maximum Gasteiger partial charge on any atom is 0.309 e. The summed E-state index contributed by atoms with van der Waals surface area (Å²) in [6.07, 6.45) is 3.45.